The minimum Gasteiger partial charge on any atom is -0.346 e. The summed E-state index contributed by atoms with van der Waals surface area (Å²) in [6.07, 6.45) is 0. The summed E-state index contributed by atoms with van der Waals surface area (Å²) in [5, 5.41) is 8.14. The summed E-state index contributed by atoms with van der Waals surface area (Å²) < 4.78 is 25.8. The Morgan fingerprint density at radius 2 is 2.04 bits per heavy atom. The second-order valence-corrected chi connectivity index (χ2v) is 5.48. The van der Waals surface area contributed by atoms with Crippen LogP contribution in [0.15, 0.2) is 18.2 Å². The number of amides is 2. The molecule has 6 nitrogen and oxygen atoms in total. The number of hydrogen-bond acceptors (Lipinski definition) is 4. The Balaban J connectivity index is 0.00000288. The average molecular weight is 363 g/mol. The van der Waals surface area contributed by atoms with Gasteiger partial charge in [-0.15, -0.1) is 12.4 Å². The predicted octanol–water partition coefficient (Wildman–Crippen LogP) is 0.735. The first-order valence-corrected chi connectivity index (χ1v) is 7.42. The van der Waals surface area contributed by atoms with E-state index in [9.17, 15) is 18.4 Å². The monoisotopic (exact) mass is 362 g/mol. The summed E-state index contributed by atoms with van der Waals surface area (Å²) >= 11 is 0. The summed E-state index contributed by atoms with van der Waals surface area (Å²) in [5.74, 6) is -2.78. The van der Waals surface area contributed by atoms with E-state index in [1.807, 2.05) is 11.8 Å². The van der Waals surface area contributed by atoms with Crippen LogP contribution >= 0.6 is 12.4 Å². The van der Waals surface area contributed by atoms with Crippen LogP contribution in [0.5, 0.6) is 0 Å². The zero-order valence-corrected chi connectivity index (χ0v) is 14.1. The molecular formula is C15H21ClF2N4O2. The fourth-order valence-electron chi connectivity index (χ4n) is 2.32. The Labute approximate surface area is 145 Å². The molecule has 2 amide bonds. The number of benzene rings is 1. The van der Waals surface area contributed by atoms with Gasteiger partial charge in [0.1, 0.15) is 0 Å². The van der Waals surface area contributed by atoms with Gasteiger partial charge in [-0.2, -0.15) is 0 Å². The summed E-state index contributed by atoms with van der Waals surface area (Å²) in [4.78, 5) is 25.6. The maximum atomic E-state index is 13.0. The van der Waals surface area contributed by atoms with E-state index >= 15 is 0 Å². The highest BCUT2D eigenvalue weighted by Gasteiger charge is 2.20. The second kappa shape index (κ2) is 9.51. The molecule has 1 heterocycles. The van der Waals surface area contributed by atoms with Crippen LogP contribution in [0.1, 0.15) is 6.92 Å². The smallest absolute Gasteiger partial charge is 0.243 e. The lowest BCUT2D eigenvalue weighted by atomic mass is 10.2. The standard InChI is InChI=1S/C15H20F2N4O2.ClH/c1-10-7-18-4-5-21(10)9-15(23)19-8-14(22)20-11-2-3-12(16)13(17)6-11;/h2-3,6,10,18H,4-5,7-9H2,1H3,(H,19,23)(H,20,22);1H/t10-;/m1./s1. The van der Waals surface area contributed by atoms with Gasteiger partial charge >= 0.3 is 0 Å². The summed E-state index contributed by atoms with van der Waals surface area (Å²) in [7, 11) is 0. The van der Waals surface area contributed by atoms with Crippen molar-refractivity contribution < 1.29 is 18.4 Å². The van der Waals surface area contributed by atoms with Crippen molar-refractivity contribution in [1.29, 1.82) is 0 Å². The first kappa shape index (κ1) is 20.3. The fourth-order valence-corrected chi connectivity index (χ4v) is 2.32. The first-order valence-electron chi connectivity index (χ1n) is 7.42. The van der Waals surface area contributed by atoms with Crippen molar-refractivity contribution in [3.8, 4) is 0 Å². The highest BCUT2D eigenvalue weighted by Crippen LogP contribution is 2.12. The van der Waals surface area contributed by atoms with Gasteiger partial charge in [0.25, 0.3) is 0 Å². The molecule has 3 N–H and O–H groups in total. The molecule has 1 aromatic rings. The summed E-state index contributed by atoms with van der Waals surface area (Å²) in [5.41, 5.74) is 0.138. The van der Waals surface area contributed by atoms with Crippen molar-refractivity contribution >= 4 is 29.9 Å². The van der Waals surface area contributed by atoms with Crippen molar-refractivity contribution in [3.05, 3.63) is 29.8 Å². The zero-order valence-electron chi connectivity index (χ0n) is 13.3. The molecule has 1 aliphatic heterocycles. The minimum atomic E-state index is -1.04. The van der Waals surface area contributed by atoms with Crippen LogP contribution in [0.2, 0.25) is 0 Å². The predicted molar refractivity (Wildman–Crippen MR) is 89.2 cm³/mol. The maximum Gasteiger partial charge on any atom is 0.243 e. The molecule has 134 valence electrons. The van der Waals surface area contributed by atoms with Gasteiger partial charge in [-0.05, 0) is 19.1 Å². The maximum absolute atomic E-state index is 13.0. The van der Waals surface area contributed by atoms with E-state index in [2.05, 4.69) is 16.0 Å². The second-order valence-electron chi connectivity index (χ2n) is 5.48. The van der Waals surface area contributed by atoms with E-state index < -0.39 is 17.5 Å². The van der Waals surface area contributed by atoms with E-state index in [1.54, 1.807) is 0 Å². The van der Waals surface area contributed by atoms with Crippen LogP contribution in [-0.4, -0.2) is 55.5 Å². The van der Waals surface area contributed by atoms with Crippen LogP contribution in [-0.2, 0) is 9.59 Å². The number of carbonyl (C=O) groups is 2. The molecule has 0 aliphatic carbocycles. The Kier molecular flexibility index (Phi) is 8.03. The lowest BCUT2D eigenvalue weighted by molar-refractivity contribution is -0.125. The fraction of sp³-hybridized carbons (Fsp3) is 0.467. The minimum absolute atomic E-state index is 0. The molecule has 24 heavy (non-hydrogen) atoms. The van der Waals surface area contributed by atoms with Gasteiger partial charge in [0, 0.05) is 37.4 Å². The number of rotatable bonds is 5. The summed E-state index contributed by atoms with van der Waals surface area (Å²) in [6.45, 7) is 4.45. The third-order valence-electron chi connectivity index (χ3n) is 3.64. The topological polar surface area (TPSA) is 73.5 Å². The summed E-state index contributed by atoms with van der Waals surface area (Å²) in [6, 6.07) is 3.32. The number of nitrogens with zero attached hydrogens (tertiary/aromatic N) is 1. The molecule has 0 spiro atoms. The molecule has 0 bridgehead atoms. The first-order chi connectivity index (χ1) is 11.0. The molecule has 0 unspecified atom stereocenters. The Hall–Kier alpha value is -1.77. The highest BCUT2D eigenvalue weighted by atomic mass is 35.5. The number of piperazine rings is 1. The molecule has 9 heteroatoms. The number of carbonyl (C=O) groups excluding carboxylic acids is 2. The number of anilines is 1. The molecule has 1 aromatic carbocycles. The van der Waals surface area contributed by atoms with Crippen molar-refractivity contribution in [2.75, 3.05) is 38.0 Å². The molecule has 1 fully saturated rings. The van der Waals surface area contributed by atoms with Gasteiger partial charge in [-0.3, -0.25) is 14.5 Å². The largest absolute Gasteiger partial charge is 0.346 e. The number of halogens is 3. The van der Waals surface area contributed by atoms with Crippen molar-refractivity contribution in [2.24, 2.45) is 0 Å². The van der Waals surface area contributed by atoms with Gasteiger partial charge in [0.05, 0.1) is 13.1 Å². The molecule has 0 radical (unpaired) electrons. The van der Waals surface area contributed by atoms with Crippen LogP contribution in [0.3, 0.4) is 0 Å². The SMILES string of the molecule is C[C@@H]1CNCCN1CC(=O)NCC(=O)Nc1ccc(F)c(F)c1.Cl. The van der Waals surface area contributed by atoms with Crippen LogP contribution < -0.4 is 16.0 Å². The molecule has 0 saturated carbocycles. The van der Waals surface area contributed by atoms with E-state index in [-0.39, 0.29) is 43.1 Å². The third-order valence-corrected chi connectivity index (χ3v) is 3.64. The Morgan fingerprint density at radius 1 is 1.29 bits per heavy atom. The van der Waals surface area contributed by atoms with Crippen LogP contribution in [0, 0.1) is 11.6 Å². The van der Waals surface area contributed by atoms with Crippen molar-refractivity contribution in [3.63, 3.8) is 0 Å². The van der Waals surface area contributed by atoms with E-state index in [0.29, 0.717) is 0 Å². The lowest BCUT2D eigenvalue weighted by Gasteiger charge is -2.33. The molecule has 0 aromatic heterocycles. The van der Waals surface area contributed by atoms with Gasteiger partial charge in [-0.25, -0.2) is 8.78 Å². The van der Waals surface area contributed by atoms with Crippen molar-refractivity contribution in [2.45, 2.75) is 13.0 Å². The van der Waals surface area contributed by atoms with Crippen molar-refractivity contribution in [1.82, 2.24) is 15.5 Å². The van der Waals surface area contributed by atoms with Gasteiger partial charge in [0.15, 0.2) is 11.6 Å². The Bertz CT molecular complexity index is 589. The average Bonchev–Trinajstić information content (AvgIpc) is 2.51. The van der Waals surface area contributed by atoms with Crippen LogP contribution in [0.4, 0.5) is 14.5 Å². The van der Waals surface area contributed by atoms with Crippen LogP contribution in [0.25, 0.3) is 0 Å². The Morgan fingerprint density at radius 3 is 2.71 bits per heavy atom. The zero-order chi connectivity index (χ0) is 16.8. The highest BCUT2D eigenvalue weighted by molar-refractivity contribution is 5.94. The van der Waals surface area contributed by atoms with Gasteiger partial charge in [0.2, 0.25) is 11.8 Å². The molecule has 1 aliphatic rings. The number of nitrogens with one attached hydrogen (secondary N) is 3. The third kappa shape index (κ3) is 6.03. The van der Waals surface area contributed by atoms with Gasteiger partial charge < -0.3 is 16.0 Å². The number of hydrogen-bond donors (Lipinski definition) is 3. The quantitative estimate of drug-likeness (QED) is 0.722. The lowest BCUT2D eigenvalue weighted by Crippen LogP contribution is -2.53. The van der Waals surface area contributed by atoms with E-state index in [4.69, 9.17) is 0 Å². The van der Waals surface area contributed by atoms with Gasteiger partial charge in [-0.1, -0.05) is 0 Å². The van der Waals surface area contributed by atoms with E-state index in [1.165, 1.54) is 6.07 Å². The molecular weight excluding hydrogens is 342 g/mol. The molecule has 1 saturated heterocycles. The molecule has 2 rings (SSSR count). The van der Waals surface area contributed by atoms with E-state index in [0.717, 1.165) is 31.8 Å². The normalized spacial score (nSPS) is 17.7. The molecule has 1 atom stereocenters.